The van der Waals surface area contributed by atoms with Gasteiger partial charge in [0.2, 0.25) is 0 Å². The predicted molar refractivity (Wildman–Crippen MR) is 99.5 cm³/mol. The summed E-state index contributed by atoms with van der Waals surface area (Å²) in [6.45, 7) is 0. The topological polar surface area (TPSA) is 52.9 Å². The Labute approximate surface area is 164 Å². The van der Waals surface area contributed by atoms with Crippen LogP contribution in [0.4, 0.5) is 13.2 Å². The molecule has 1 aromatic rings. The molecule has 1 saturated carbocycles. The Kier molecular flexibility index (Phi) is 6.08. The second kappa shape index (κ2) is 8.01. The summed E-state index contributed by atoms with van der Waals surface area (Å²) in [5.74, 6) is -1.89. The molecule has 0 unspecified atom stereocenters. The van der Waals surface area contributed by atoms with Crippen LogP contribution in [0.3, 0.4) is 0 Å². The molecule has 1 amide bonds. The van der Waals surface area contributed by atoms with Gasteiger partial charge in [-0.15, -0.1) is 11.8 Å². The first kappa shape index (κ1) is 20.5. The fraction of sp³-hybridized carbons (Fsp3) is 0.556. The van der Waals surface area contributed by atoms with Crippen molar-refractivity contribution in [3.8, 4) is 0 Å². The fourth-order valence-corrected chi connectivity index (χ4v) is 4.72. The molecule has 9 heteroatoms. The SMILES string of the molecule is O=C(CSCc1ccccc1Cl)N1N=C2CCCCC[C@H]2[C@]1(O)C(F)(F)F. The van der Waals surface area contributed by atoms with Crippen molar-refractivity contribution in [2.45, 2.75) is 49.8 Å². The van der Waals surface area contributed by atoms with E-state index in [9.17, 15) is 23.1 Å². The number of hydrazone groups is 1. The lowest BCUT2D eigenvalue weighted by atomic mass is 9.87. The number of alkyl halides is 3. The predicted octanol–water partition coefficient (Wildman–Crippen LogP) is 4.60. The van der Waals surface area contributed by atoms with Gasteiger partial charge in [-0.2, -0.15) is 23.3 Å². The number of fused-ring (bicyclic) bond motifs is 1. The lowest BCUT2D eigenvalue weighted by Gasteiger charge is -2.37. The number of nitrogens with zero attached hydrogens (tertiary/aromatic N) is 2. The Bertz CT molecular complexity index is 744. The molecule has 1 aliphatic carbocycles. The highest BCUT2D eigenvalue weighted by atomic mass is 35.5. The zero-order valence-electron chi connectivity index (χ0n) is 14.5. The molecule has 0 radical (unpaired) electrons. The van der Waals surface area contributed by atoms with Crippen molar-refractivity contribution >= 4 is 35.0 Å². The van der Waals surface area contributed by atoms with Gasteiger partial charge in [0.25, 0.3) is 11.6 Å². The van der Waals surface area contributed by atoms with E-state index < -0.39 is 23.7 Å². The van der Waals surface area contributed by atoms with Gasteiger partial charge in [0.05, 0.1) is 11.7 Å². The average molecular weight is 421 g/mol. The smallest absolute Gasteiger partial charge is 0.362 e. The molecule has 2 atom stereocenters. The molecule has 0 aromatic heterocycles. The van der Waals surface area contributed by atoms with E-state index in [-0.39, 0.29) is 22.9 Å². The first-order chi connectivity index (χ1) is 12.7. The van der Waals surface area contributed by atoms with Crippen molar-refractivity contribution in [1.29, 1.82) is 0 Å². The van der Waals surface area contributed by atoms with Crippen molar-refractivity contribution < 1.29 is 23.1 Å². The summed E-state index contributed by atoms with van der Waals surface area (Å²) < 4.78 is 41.3. The van der Waals surface area contributed by atoms with Gasteiger partial charge in [0, 0.05) is 16.5 Å². The van der Waals surface area contributed by atoms with Crippen LogP contribution in [0.2, 0.25) is 5.02 Å². The zero-order chi connectivity index (χ0) is 19.7. The highest BCUT2D eigenvalue weighted by Gasteiger charge is 2.68. The van der Waals surface area contributed by atoms with Crippen molar-refractivity contribution in [3.05, 3.63) is 34.9 Å². The van der Waals surface area contributed by atoms with Crippen LogP contribution in [0.1, 0.15) is 37.7 Å². The molecule has 27 heavy (non-hydrogen) atoms. The Morgan fingerprint density at radius 1 is 1.33 bits per heavy atom. The second-order valence-corrected chi connectivity index (χ2v) is 8.15. The summed E-state index contributed by atoms with van der Waals surface area (Å²) in [5, 5.41) is 15.3. The summed E-state index contributed by atoms with van der Waals surface area (Å²) in [5.41, 5.74) is -2.19. The number of carbonyl (C=O) groups excluding carboxylic acids is 1. The molecule has 1 heterocycles. The molecule has 0 saturated heterocycles. The first-order valence-electron chi connectivity index (χ1n) is 8.76. The maximum Gasteiger partial charge on any atom is 0.439 e. The summed E-state index contributed by atoms with van der Waals surface area (Å²) in [6.07, 6.45) is -2.34. The third-order valence-corrected chi connectivity index (χ3v) is 6.29. The molecule has 1 N–H and O–H groups in total. The van der Waals surface area contributed by atoms with E-state index in [1.54, 1.807) is 24.3 Å². The van der Waals surface area contributed by atoms with Crippen LogP contribution < -0.4 is 0 Å². The lowest BCUT2D eigenvalue weighted by molar-refractivity contribution is -0.316. The minimum atomic E-state index is -4.98. The molecule has 1 aromatic carbocycles. The van der Waals surface area contributed by atoms with Crippen LogP contribution in [0.5, 0.6) is 0 Å². The number of rotatable bonds is 4. The summed E-state index contributed by atoms with van der Waals surface area (Å²) >= 11 is 7.19. The summed E-state index contributed by atoms with van der Waals surface area (Å²) in [6, 6.07) is 7.07. The molecule has 2 aliphatic rings. The van der Waals surface area contributed by atoms with E-state index in [0.29, 0.717) is 30.0 Å². The van der Waals surface area contributed by atoms with E-state index in [0.717, 1.165) is 23.7 Å². The fourth-order valence-electron chi connectivity index (χ4n) is 3.57. The number of thioether (sulfide) groups is 1. The number of halogens is 4. The molecular formula is C18H20ClF3N2O2S. The van der Waals surface area contributed by atoms with Crippen LogP contribution in [0, 0.1) is 5.92 Å². The minimum Gasteiger partial charge on any atom is -0.362 e. The van der Waals surface area contributed by atoms with Gasteiger partial charge in [0.1, 0.15) is 0 Å². The second-order valence-electron chi connectivity index (χ2n) is 6.76. The molecule has 1 fully saturated rings. The molecular weight excluding hydrogens is 401 g/mol. The van der Waals surface area contributed by atoms with Gasteiger partial charge in [-0.25, -0.2) is 0 Å². The zero-order valence-corrected chi connectivity index (χ0v) is 16.1. The van der Waals surface area contributed by atoms with Crippen LogP contribution >= 0.6 is 23.4 Å². The molecule has 0 bridgehead atoms. The number of amides is 1. The third kappa shape index (κ3) is 3.98. The Morgan fingerprint density at radius 3 is 2.78 bits per heavy atom. The summed E-state index contributed by atoms with van der Waals surface area (Å²) in [4.78, 5) is 12.5. The van der Waals surface area contributed by atoms with E-state index >= 15 is 0 Å². The van der Waals surface area contributed by atoms with E-state index in [4.69, 9.17) is 11.6 Å². The van der Waals surface area contributed by atoms with Crippen LogP contribution in [0.25, 0.3) is 0 Å². The summed E-state index contributed by atoms with van der Waals surface area (Å²) in [7, 11) is 0. The Hall–Kier alpha value is -1.25. The highest BCUT2D eigenvalue weighted by molar-refractivity contribution is 7.99. The third-order valence-electron chi connectivity index (χ3n) is 4.96. The van der Waals surface area contributed by atoms with Crippen molar-refractivity contribution in [1.82, 2.24) is 5.01 Å². The number of hydrogen-bond acceptors (Lipinski definition) is 4. The van der Waals surface area contributed by atoms with Gasteiger partial charge in [-0.05, 0) is 30.9 Å². The monoisotopic (exact) mass is 420 g/mol. The van der Waals surface area contributed by atoms with Crippen LogP contribution in [-0.2, 0) is 10.5 Å². The van der Waals surface area contributed by atoms with E-state index in [1.807, 2.05) is 0 Å². The molecule has 1 aliphatic heterocycles. The van der Waals surface area contributed by atoms with Gasteiger partial charge in [0.15, 0.2) is 0 Å². The minimum absolute atomic E-state index is 0.172. The Morgan fingerprint density at radius 2 is 2.07 bits per heavy atom. The van der Waals surface area contributed by atoms with Gasteiger partial charge >= 0.3 is 6.18 Å². The van der Waals surface area contributed by atoms with Gasteiger partial charge < -0.3 is 5.11 Å². The number of hydrogen-bond donors (Lipinski definition) is 1. The van der Waals surface area contributed by atoms with E-state index in [2.05, 4.69) is 5.10 Å². The van der Waals surface area contributed by atoms with Crippen LogP contribution in [0.15, 0.2) is 29.4 Å². The van der Waals surface area contributed by atoms with Crippen LogP contribution in [-0.4, -0.2) is 39.4 Å². The maximum absolute atomic E-state index is 13.8. The molecule has 148 valence electrons. The number of aliphatic hydroxyl groups is 1. The van der Waals surface area contributed by atoms with Crippen molar-refractivity contribution in [2.24, 2.45) is 11.0 Å². The normalized spacial score (nSPS) is 25.7. The molecule has 4 nitrogen and oxygen atoms in total. The lowest BCUT2D eigenvalue weighted by Crippen LogP contribution is -2.61. The Balaban J connectivity index is 1.74. The van der Waals surface area contributed by atoms with Crippen molar-refractivity contribution in [3.63, 3.8) is 0 Å². The largest absolute Gasteiger partial charge is 0.439 e. The number of benzene rings is 1. The standard InChI is InChI=1S/C18H20ClF3N2O2S/c19-14-8-5-4-6-12(14)10-27-11-16(25)24-17(26,18(20,21)22)13-7-2-1-3-9-15(13)23-24/h4-6,8,13,26H,1-3,7,9-11H2/t13-,17+/m1/s1. The highest BCUT2D eigenvalue weighted by Crippen LogP contribution is 2.47. The number of carbonyl (C=O) groups is 1. The first-order valence-corrected chi connectivity index (χ1v) is 10.3. The maximum atomic E-state index is 13.8. The van der Waals surface area contributed by atoms with Crippen molar-refractivity contribution in [2.75, 3.05) is 5.75 Å². The van der Waals surface area contributed by atoms with Gasteiger partial charge in [-0.1, -0.05) is 42.6 Å². The average Bonchev–Trinajstić information content (AvgIpc) is 2.76. The van der Waals surface area contributed by atoms with Gasteiger partial charge in [-0.3, -0.25) is 4.79 Å². The van der Waals surface area contributed by atoms with E-state index in [1.165, 1.54) is 0 Å². The quantitative estimate of drug-likeness (QED) is 0.774. The molecule has 0 spiro atoms. The molecule has 3 rings (SSSR count).